The van der Waals surface area contributed by atoms with E-state index in [1.165, 1.54) is 18.5 Å². The van der Waals surface area contributed by atoms with Gasteiger partial charge in [-0.2, -0.15) is 0 Å². The lowest BCUT2D eigenvalue weighted by Crippen LogP contribution is -2.49. The van der Waals surface area contributed by atoms with Crippen LogP contribution in [0.15, 0.2) is 23.4 Å². The summed E-state index contributed by atoms with van der Waals surface area (Å²) in [5.74, 6) is 0. The molecule has 0 unspecified atom stereocenters. The Bertz CT molecular complexity index is 523. The van der Waals surface area contributed by atoms with Crippen LogP contribution >= 0.6 is 11.6 Å². The van der Waals surface area contributed by atoms with Crippen molar-refractivity contribution in [3.63, 3.8) is 0 Å². The van der Waals surface area contributed by atoms with Gasteiger partial charge in [0.15, 0.2) is 0 Å². The highest BCUT2D eigenvalue weighted by atomic mass is 35.5. The Morgan fingerprint density at radius 2 is 2.28 bits per heavy atom. The Kier molecular flexibility index (Phi) is 3.91. The molecule has 2 rings (SSSR count). The van der Waals surface area contributed by atoms with Gasteiger partial charge in [0, 0.05) is 26.0 Å². The van der Waals surface area contributed by atoms with Gasteiger partial charge in [0.05, 0.1) is 10.6 Å². The monoisotopic (exact) mass is 290 g/mol. The maximum absolute atomic E-state index is 12.1. The Balaban J connectivity index is 2.11. The molecule has 1 N–H and O–H groups in total. The van der Waals surface area contributed by atoms with Gasteiger partial charge in [0.2, 0.25) is 10.0 Å². The summed E-state index contributed by atoms with van der Waals surface area (Å²) >= 11 is 5.85. The van der Waals surface area contributed by atoms with Crippen molar-refractivity contribution in [3.8, 4) is 0 Å². The molecule has 1 saturated carbocycles. The zero-order chi connectivity index (χ0) is 13.2. The summed E-state index contributed by atoms with van der Waals surface area (Å²) in [6, 6.07) is 1.45. The molecule has 0 spiro atoms. The Morgan fingerprint density at radius 1 is 1.56 bits per heavy atom. The Hall–Kier alpha value is -0.690. The van der Waals surface area contributed by atoms with Crippen LogP contribution in [-0.4, -0.2) is 32.7 Å². The smallest absolute Gasteiger partial charge is 0.243 e. The van der Waals surface area contributed by atoms with E-state index in [-0.39, 0.29) is 22.1 Å². The van der Waals surface area contributed by atoms with E-state index < -0.39 is 10.0 Å². The Labute approximate surface area is 112 Å². The van der Waals surface area contributed by atoms with Crippen LogP contribution in [0.5, 0.6) is 0 Å². The largest absolute Gasteiger partial charge is 0.377 e. The second-order valence-corrected chi connectivity index (χ2v) is 6.51. The Morgan fingerprint density at radius 3 is 2.78 bits per heavy atom. The van der Waals surface area contributed by atoms with Crippen LogP contribution in [0.4, 0.5) is 0 Å². The lowest BCUT2D eigenvalue weighted by molar-refractivity contribution is -0.0659. The van der Waals surface area contributed by atoms with Crippen molar-refractivity contribution in [2.45, 2.75) is 29.8 Å². The minimum absolute atomic E-state index is 0.00255. The lowest BCUT2D eigenvalue weighted by Gasteiger charge is -2.40. The second-order valence-electron chi connectivity index (χ2n) is 4.37. The first kappa shape index (κ1) is 13.7. The van der Waals surface area contributed by atoms with Crippen LogP contribution in [-0.2, 0) is 14.8 Å². The van der Waals surface area contributed by atoms with E-state index in [0.717, 1.165) is 19.3 Å². The van der Waals surface area contributed by atoms with Gasteiger partial charge in [-0.1, -0.05) is 11.6 Å². The summed E-state index contributed by atoms with van der Waals surface area (Å²) in [6.07, 6.45) is 5.48. The maximum atomic E-state index is 12.1. The lowest BCUT2D eigenvalue weighted by atomic mass is 9.80. The third-order valence-electron chi connectivity index (χ3n) is 3.31. The SMILES string of the molecule is COC1(CNS(=O)(=O)c2cnccc2Cl)CCC1. The number of ether oxygens (including phenoxy) is 1. The average Bonchev–Trinajstić information content (AvgIpc) is 2.28. The van der Waals surface area contributed by atoms with E-state index in [1.54, 1.807) is 7.11 Å². The zero-order valence-corrected chi connectivity index (χ0v) is 11.6. The van der Waals surface area contributed by atoms with Crippen molar-refractivity contribution in [1.82, 2.24) is 9.71 Å². The first-order valence-electron chi connectivity index (χ1n) is 5.63. The molecule has 100 valence electrons. The summed E-state index contributed by atoms with van der Waals surface area (Å²) in [4.78, 5) is 3.77. The molecule has 0 atom stereocenters. The van der Waals surface area contributed by atoms with Gasteiger partial charge in [0.25, 0.3) is 0 Å². The van der Waals surface area contributed by atoms with E-state index in [9.17, 15) is 8.42 Å². The summed E-state index contributed by atoms with van der Waals surface area (Å²) < 4.78 is 32.0. The average molecular weight is 291 g/mol. The molecule has 0 aliphatic heterocycles. The molecular weight excluding hydrogens is 276 g/mol. The highest BCUT2D eigenvalue weighted by molar-refractivity contribution is 7.89. The fraction of sp³-hybridized carbons (Fsp3) is 0.545. The molecule has 1 heterocycles. The van der Waals surface area contributed by atoms with Crippen LogP contribution in [0, 0.1) is 0 Å². The van der Waals surface area contributed by atoms with E-state index in [0.29, 0.717) is 0 Å². The molecule has 0 saturated heterocycles. The molecule has 0 bridgehead atoms. The molecule has 1 aliphatic carbocycles. The highest BCUT2D eigenvalue weighted by Gasteiger charge is 2.38. The molecule has 1 aromatic rings. The number of sulfonamides is 1. The minimum atomic E-state index is -3.63. The van der Waals surface area contributed by atoms with Crippen LogP contribution in [0.25, 0.3) is 0 Å². The summed E-state index contributed by atoms with van der Waals surface area (Å²) in [5, 5.41) is 0.164. The zero-order valence-electron chi connectivity index (χ0n) is 10.0. The molecule has 18 heavy (non-hydrogen) atoms. The summed E-state index contributed by atoms with van der Waals surface area (Å²) in [7, 11) is -2.03. The fourth-order valence-electron chi connectivity index (χ4n) is 1.89. The molecule has 0 aromatic carbocycles. The first-order chi connectivity index (χ1) is 8.49. The van der Waals surface area contributed by atoms with Crippen molar-refractivity contribution >= 4 is 21.6 Å². The van der Waals surface area contributed by atoms with Crippen molar-refractivity contribution in [2.24, 2.45) is 0 Å². The number of methoxy groups -OCH3 is 1. The van der Waals surface area contributed by atoms with Crippen LogP contribution in [0.1, 0.15) is 19.3 Å². The van der Waals surface area contributed by atoms with Crippen LogP contribution in [0.3, 0.4) is 0 Å². The maximum Gasteiger partial charge on any atom is 0.243 e. The summed E-state index contributed by atoms with van der Waals surface area (Å²) in [5.41, 5.74) is -0.359. The third kappa shape index (κ3) is 2.66. The van der Waals surface area contributed by atoms with E-state index in [2.05, 4.69) is 9.71 Å². The molecule has 0 radical (unpaired) electrons. The van der Waals surface area contributed by atoms with Crippen LogP contribution < -0.4 is 4.72 Å². The number of hydrogen-bond acceptors (Lipinski definition) is 4. The number of hydrogen-bond donors (Lipinski definition) is 1. The normalized spacial score (nSPS) is 18.3. The van der Waals surface area contributed by atoms with Gasteiger partial charge in [-0.3, -0.25) is 4.98 Å². The topological polar surface area (TPSA) is 68.3 Å². The molecule has 0 amide bonds. The third-order valence-corrected chi connectivity index (χ3v) is 5.18. The number of nitrogens with zero attached hydrogens (tertiary/aromatic N) is 1. The minimum Gasteiger partial charge on any atom is -0.377 e. The molecule has 1 aliphatic rings. The molecule has 5 nitrogen and oxygen atoms in total. The van der Waals surface area contributed by atoms with Crippen molar-refractivity contribution < 1.29 is 13.2 Å². The van der Waals surface area contributed by atoms with Crippen molar-refractivity contribution in [2.75, 3.05) is 13.7 Å². The molecule has 1 aromatic heterocycles. The van der Waals surface area contributed by atoms with Gasteiger partial charge in [-0.25, -0.2) is 13.1 Å². The summed E-state index contributed by atoms with van der Waals surface area (Å²) in [6.45, 7) is 0.261. The van der Waals surface area contributed by atoms with Gasteiger partial charge in [0.1, 0.15) is 4.90 Å². The van der Waals surface area contributed by atoms with E-state index in [4.69, 9.17) is 16.3 Å². The second kappa shape index (κ2) is 5.13. The van der Waals surface area contributed by atoms with E-state index >= 15 is 0 Å². The molecule has 7 heteroatoms. The van der Waals surface area contributed by atoms with Gasteiger partial charge >= 0.3 is 0 Å². The van der Waals surface area contributed by atoms with Crippen LogP contribution in [0.2, 0.25) is 5.02 Å². The van der Waals surface area contributed by atoms with Gasteiger partial charge in [-0.15, -0.1) is 0 Å². The highest BCUT2D eigenvalue weighted by Crippen LogP contribution is 2.34. The predicted molar refractivity (Wildman–Crippen MR) is 68.0 cm³/mol. The number of halogens is 1. The van der Waals surface area contributed by atoms with E-state index in [1.807, 2.05) is 0 Å². The molecule has 1 fully saturated rings. The predicted octanol–water partition coefficient (Wildman–Crippen LogP) is 1.58. The molecular formula is C11H15ClN2O3S. The standard InChI is InChI=1S/C11H15ClN2O3S/c1-17-11(4-2-5-11)8-14-18(15,16)10-7-13-6-3-9(10)12/h3,6-7,14H,2,4-5,8H2,1H3. The number of aromatic nitrogens is 1. The van der Waals surface area contributed by atoms with Crippen molar-refractivity contribution in [3.05, 3.63) is 23.5 Å². The number of nitrogens with one attached hydrogen (secondary N) is 1. The van der Waals surface area contributed by atoms with Gasteiger partial charge in [-0.05, 0) is 25.3 Å². The van der Waals surface area contributed by atoms with Gasteiger partial charge < -0.3 is 4.74 Å². The quantitative estimate of drug-likeness (QED) is 0.894. The number of pyridine rings is 1. The van der Waals surface area contributed by atoms with Crippen molar-refractivity contribution in [1.29, 1.82) is 0 Å². The first-order valence-corrected chi connectivity index (χ1v) is 7.50. The fourth-order valence-corrected chi connectivity index (χ4v) is 3.43. The number of rotatable bonds is 5.